The molecule has 1 aliphatic rings. The number of rotatable bonds is 0. The average Bonchev–Trinajstić information content (AvgIpc) is 3.25. The molecule has 3 heterocycles. The number of phenolic OH excluding ortho intramolecular Hbond substituents is 1. The van der Waals surface area contributed by atoms with Crippen molar-refractivity contribution in [2.24, 2.45) is 0 Å². The Morgan fingerprint density at radius 2 is 1.31 bits per heavy atom. The van der Waals surface area contributed by atoms with Crippen LogP contribution < -0.4 is 0 Å². The van der Waals surface area contributed by atoms with Crippen molar-refractivity contribution in [2.45, 2.75) is 6.42 Å². The highest BCUT2D eigenvalue weighted by molar-refractivity contribution is 5.82. The molecule has 0 radical (unpaired) electrons. The fraction of sp³-hybridized carbons (Fsp3) is 0.0526. The molecule has 0 spiro atoms. The van der Waals surface area contributed by atoms with Gasteiger partial charge in [0.1, 0.15) is 33.5 Å². The van der Waals surface area contributed by atoms with Crippen molar-refractivity contribution < 1.29 is 5.11 Å². The maximum atomic E-state index is 10.5. The monoisotopic (exact) mass is 340 g/mol. The van der Waals surface area contributed by atoms with Crippen LogP contribution in [0.25, 0.3) is 33.4 Å². The lowest BCUT2D eigenvalue weighted by atomic mass is 10.0. The van der Waals surface area contributed by atoms with Gasteiger partial charge in [-0.2, -0.15) is 0 Å². The molecule has 0 amide bonds. The minimum atomic E-state index is 0.0742. The Balaban J connectivity index is 1.84. The van der Waals surface area contributed by atoms with Gasteiger partial charge in [-0.15, -0.1) is 30.0 Å². The summed E-state index contributed by atoms with van der Waals surface area (Å²) in [5.74, 6) is 0.0742. The van der Waals surface area contributed by atoms with Crippen molar-refractivity contribution in [3.63, 3.8) is 0 Å². The van der Waals surface area contributed by atoms with Crippen molar-refractivity contribution in [3.8, 4) is 17.1 Å². The number of benzene rings is 3. The van der Waals surface area contributed by atoms with Crippen LogP contribution in [0.3, 0.4) is 0 Å². The van der Waals surface area contributed by atoms with E-state index in [-0.39, 0.29) is 5.75 Å². The summed E-state index contributed by atoms with van der Waals surface area (Å²) in [5.41, 5.74) is 6.50. The maximum Gasteiger partial charge on any atom is 0.155 e. The van der Waals surface area contributed by atoms with Gasteiger partial charge in [0.15, 0.2) is 5.69 Å². The highest BCUT2D eigenvalue weighted by atomic mass is 16.3. The molecule has 3 aromatic carbocycles. The fourth-order valence-electron chi connectivity index (χ4n) is 3.57. The smallest absolute Gasteiger partial charge is 0.155 e. The summed E-state index contributed by atoms with van der Waals surface area (Å²) in [6.07, 6.45) is 0.689. The Labute approximate surface area is 147 Å². The van der Waals surface area contributed by atoms with Crippen LogP contribution in [0.5, 0.6) is 5.75 Å². The zero-order valence-electron chi connectivity index (χ0n) is 13.5. The summed E-state index contributed by atoms with van der Waals surface area (Å²) in [5, 5.41) is 29.1. The molecule has 1 N–H and O–H groups in total. The second kappa shape index (κ2) is 4.66. The van der Waals surface area contributed by atoms with Crippen LogP contribution in [0, 0.1) is 0 Å². The molecule has 0 aliphatic carbocycles. The molecule has 4 bridgehead atoms. The standard InChI is InChI=1S/C19H12N6O/c26-16-9-3-8-15-19(16)25-21-14-7-2-5-12(18(14)23-25)10-11-4-1-6-13-17(11)22-24(15)20-13/h1-9,26H,10H2. The van der Waals surface area contributed by atoms with E-state index < -0.39 is 0 Å². The lowest BCUT2D eigenvalue weighted by Gasteiger charge is -2.08. The summed E-state index contributed by atoms with van der Waals surface area (Å²) in [6.45, 7) is 0. The van der Waals surface area contributed by atoms with Gasteiger partial charge in [0.05, 0.1) is 0 Å². The van der Waals surface area contributed by atoms with Gasteiger partial charge < -0.3 is 5.11 Å². The molecule has 124 valence electrons. The number of nitrogens with zero attached hydrogens (tertiary/aromatic N) is 6. The van der Waals surface area contributed by atoms with E-state index in [1.54, 1.807) is 16.9 Å². The first kappa shape index (κ1) is 13.5. The van der Waals surface area contributed by atoms with Crippen LogP contribution in [0.15, 0.2) is 54.6 Å². The van der Waals surface area contributed by atoms with Crippen LogP contribution in [-0.4, -0.2) is 35.1 Å². The van der Waals surface area contributed by atoms with Gasteiger partial charge >= 0.3 is 0 Å². The molecule has 5 aromatic rings. The molecule has 1 aliphatic heterocycles. The van der Waals surface area contributed by atoms with Crippen LogP contribution >= 0.6 is 0 Å². The number of aromatic nitrogens is 6. The van der Waals surface area contributed by atoms with E-state index in [4.69, 9.17) is 5.10 Å². The Morgan fingerprint density at radius 3 is 2.04 bits per heavy atom. The van der Waals surface area contributed by atoms with E-state index >= 15 is 0 Å². The van der Waals surface area contributed by atoms with Crippen molar-refractivity contribution in [2.75, 3.05) is 0 Å². The second-order valence-corrected chi connectivity index (χ2v) is 6.37. The lowest BCUT2D eigenvalue weighted by molar-refractivity contribution is 0.466. The molecule has 0 fully saturated rings. The Hall–Kier alpha value is -3.74. The van der Waals surface area contributed by atoms with Gasteiger partial charge in [0.2, 0.25) is 0 Å². The van der Waals surface area contributed by atoms with E-state index in [0.717, 1.165) is 33.2 Å². The molecule has 0 saturated carbocycles. The first-order valence-electron chi connectivity index (χ1n) is 8.30. The van der Waals surface area contributed by atoms with E-state index in [1.165, 1.54) is 4.80 Å². The summed E-state index contributed by atoms with van der Waals surface area (Å²) in [7, 11) is 0. The predicted molar refractivity (Wildman–Crippen MR) is 95.8 cm³/mol. The van der Waals surface area contributed by atoms with Gasteiger partial charge in [-0.25, -0.2) is 0 Å². The Kier molecular flexibility index (Phi) is 2.43. The predicted octanol–water partition coefficient (Wildman–Crippen LogP) is 2.76. The van der Waals surface area contributed by atoms with Gasteiger partial charge in [-0.1, -0.05) is 30.3 Å². The second-order valence-electron chi connectivity index (χ2n) is 6.37. The number of aromatic hydroxyl groups is 1. The third kappa shape index (κ3) is 1.71. The quantitative estimate of drug-likeness (QED) is 0.460. The van der Waals surface area contributed by atoms with Crippen LogP contribution in [-0.2, 0) is 6.42 Å². The highest BCUT2D eigenvalue weighted by Crippen LogP contribution is 2.31. The number of para-hydroxylation sites is 1. The summed E-state index contributed by atoms with van der Waals surface area (Å²) in [6, 6.07) is 17.2. The van der Waals surface area contributed by atoms with Crippen LogP contribution in [0.1, 0.15) is 11.1 Å². The number of hydrogen-bond acceptors (Lipinski definition) is 5. The minimum absolute atomic E-state index is 0.0742. The van der Waals surface area contributed by atoms with Gasteiger partial charge in [0.25, 0.3) is 0 Å². The molecule has 2 aromatic heterocycles. The molecule has 0 unspecified atom stereocenters. The van der Waals surface area contributed by atoms with Crippen molar-refractivity contribution >= 4 is 22.1 Å². The molecule has 6 rings (SSSR count). The molecular weight excluding hydrogens is 328 g/mol. The molecule has 7 heteroatoms. The van der Waals surface area contributed by atoms with Gasteiger partial charge in [0, 0.05) is 6.42 Å². The maximum absolute atomic E-state index is 10.5. The number of hydrogen-bond donors (Lipinski definition) is 1. The average molecular weight is 340 g/mol. The first-order chi connectivity index (χ1) is 12.8. The first-order valence-corrected chi connectivity index (χ1v) is 8.30. The van der Waals surface area contributed by atoms with Crippen LogP contribution in [0.2, 0.25) is 0 Å². The highest BCUT2D eigenvalue weighted by Gasteiger charge is 2.20. The van der Waals surface area contributed by atoms with E-state index in [0.29, 0.717) is 17.8 Å². The summed E-state index contributed by atoms with van der Waals surface area (Å²) < 4.78 is 0. The van der Waals surface area contributed by atoms with Gasteiger partial charge in [-0.3, -0.25) is 0 Å². The van der Waals surface area contributed by atoms with Crippen molar-refractivity contribution in [1.29, 1.82) is 0 Å². The van der Waals surface area contributed by atoms with Crippen molar-refractivity contribution in [3.05, 3.63) is 65.7 Å². The van der Waals surface area contributed by atoms with E-state index in [9.17, 15) is 5.11 Å². The Morgan fingerprint density at radius 1 is 0.692 bits per heavy atom. The molecule has 26 heavy (non-hydrogen) atoms. The minimum Gasteiger partial charge on any atom is -0.506 e. The third-order valence-electron chi connectivity index (χ3n) is 4.78. The largest absolute Gasteiger partial charge is 0.506 e. The van der Waals surface area contributed by atoms with Crippen molar-refractivity contribution in [1.82, 2.24) is 30.0 Å². The normalized spacial score (nSPS) is 12.6. The zero-order chi connectivity index (χ0) is 17.3. The number of phenols is 1. The molecule has 7 nitrogen and oxygen atoms in total. The SMILES string of the molecule is Oc1cccc2c1-n1nc3cccc(c3n1)Cc1cccc3nn-2nc13. The van der Waals surface area contributed by atoms with Gasteiger partial charge in [-0.05, 0) is 35.4 Å². The lowest BCUT2D eigenvalue weighted by Crippen LogP contribution is -2.08. The third-order valence-corrected chi connectivity index (χ3v) is 4.78. The molecular formula is C19H12N6O. The van der Waals surface area contributed by atoms with E-state index in [2.05, 4.69) is 21.4 Å². The zero-order valence-corrected chi connectivity index (χ0v) is 13.5. The summed E-state index contributed by atoms with van der Waals surface area (Å²) in [4.78, 5) is 3.01. The molecule has 0 atom stereocenters. The van der Waals surface area contributed by atoms with E-state index in [1.807, 2.05) is 36.4 Å². The summed E-state index contributed by atoms with van der Waals surface area (Å²) >= 11 is 0. The van der Waals surface area contributed by atoms with Crippen LogP contribution in [0.4, 0.5) is 0 Å². The fourth-order valence-corrected chi connectivity index (χ4v) is 3.57. The number of fused-ring (bicyclic) bond motifs is 5. The topological polar surface area (TPSA) is 81.6 Å². The Bertz CT molecular complexity index is 1330. The molecule has 0 saturated heterocycles.